The molecule has 0 aliphatic rings. The summed E-state index contributed by atoms with van der Waals surface area (Å²) in [6.45, 7) is -0.176. The Morgan fingerprint density at radius 1 is 0.933 bits per heavy atom. The minimum absolute atomic E-state index is 0.176. The fourth-order valence-corrected chi connectivity index (χ4v) is 3.00. The molecule has 0 aliphatic carbocycles. The Hall–Kier alpha value is -3.93. The summed E-state index contributed by atoms with van der Waals surface area (Å²) >= 11 is 0. The zero-order valence-electron chi connectivity index (χ0n) is 16.6. The number of rotatable bonds is 8. The highest BCUT2D eigenvalue weighted by atomic mass is 16.5. The van der Waals surface area contributed by atoms with Crippen molar-refractivity contribution in [1.82, 2.24) is 10.7 Å². The number of amides is 2. The number of hydrogen-bond donors (Lipinski definition) is 2. The van der Waals surface area contributed by atoms with E-state index in [9.17, 15) is 9.59 Å². The minimum atomic E-state index is -0.500. The van der Waals surface area contributed by atoms with Crippen LogP contribution in [-0.4, -0.2) is 31.7 Å². The Morgan fingerprint density at radius 3 is 2.17 bits per heavy atom. The van der Waals surface area contributed by atoms with E-state index >= 15 is 0 Å². The van der Waals surface area contributed by atoms with Gasteiger partial charge in [-0.05, 0) is 28.8 Å². The molecular weight excluding hydrogens is 378 g/mol. The van der Waals surface area contributed by atoms with E-state index < -0.39 is 11.8 Å². The smallest absolute Gasteiger partial charge is 0.259 e. The van der Waals surface area contributed by atoms with Gasteiger partial charge in [-0.2, -0.15) is 5.10 Å². The summed E-state index contributed by atoms with van der Waals surface area (Å²) in [5, 5.41) is 6.63. The van der Waals surface area contributed by atoms with Crippen LogP contribution in [0.25, 0.3) is 0 Å². The van der Waals surface area contributed by atoms with Gasteiger partial charge in [-0.25, -0.2) is 5.43 Å². The molecule has 0 fully saturated rings. The van der Waals surface area contributed by atoms with Crippen LogP contribution in [0.4, 0.5) is 0 Å². The number of hydrogen-bond acceptors (Lipinski definition) is 4. The number of carbonyl (C=O) groups is 2. The van der Waals surface area contributed by atoms with Gasteiger partial charge in [0, 0.05) is 0 Å². The molecule has 3 aromatic carbocycles. The first-order valence-corrected chi connectivity index (χ1v) is 9.51. The maximum absolute atomic E-state index is 12.9. The molecule has 6 heteroatoms. The third-order valence-electron chi connectivity index (χ3n) is 4.45. The third kappa shape index (κ3) is 5.78. The van der Waals surface area contributed by atoms with Crippen LogP contribution in [0.5, 0.6) is 5.75 Å². The summed E-state index contributed by atoms with van der Waals surface area (Å²) in [4.78, 5) is 25.0. The van der Waals surface area contributed by atoms with Gasteiger partial charge in [0.25, 0.3) is 5.91 Å². The molecular formula is C24H23N3O3. The monoisotopic (exact) mass is 401 g/mol. The molecule has 0 aromatic heterocycles. The van der Waals surface area contributed by atoms with Crippen LogP contribution in [0.15, 0.2) is 90.0 Å². The summed E-state index contributed by atoms with van der Waals surface area (Å²) in [5.41, 5.74) is 4.92. The molecule has 0 spiro atoms. The predicted molar refractivity (Wildman–Crippen MR) is 116 cm³/mol. The highest BCUT2D eigenvalue weighted by Crippen LogP contribution is 2.24. The standard InChI is InChI=1S/C24H23N3O3/c1-30-21-14-8-9-18(15-21)16-26-27-22(28)17-25-24(29)23(19-10-4-2-5-11-19)20-12-6-3-7-13-20/h2-16,23H,17H2,1H3,(H,25,29)(H,27,28). The Balaban J connectivity index is 1.59. The van der Waals surface area contributed by atoms with E-state index in [0.717, 1.165) is 16.7 Å². The van der Waals surface area contributed by atoms with Gasteiger partial charge < -0.3 is 10.1 Å². The first-order chi connectivity index (χ1) is 14.7. The number of ether oxygens (including phenoxy) is 1. The van der Waals surface area contributed by atoms with Gasteiger partial charge in [-0.15, -0.1) is 0 Å². The van der Waals surface area contributed by atoms with Crippen molar-refractivity contribution in [2.45, 2.75) is 5.92 Å². The molecule has 0 unspecified atom stereocenters. The van der Waals surface area contributed by atoms with Crippen LogP contribution in [-0.2, 0) is 9.59 Å². The van der Waals surface area contributed by atoms with Gasteiger partial charge in [0.15, 0.2) is 0 Å². The Labute approximate surface area is 175 Å². The molecule has 0 saturated carbocycles. The van der Waals surface area contributed by atoms with E-state index in [4.69, 9.17) is 4.74 Å². The zero-order chi connectivity index (χ0) is 21.2. The zero-order valence-corrected chi connectivity index (χ0v) is 16.6. The maximum Gasteiger partial charge on any atom is 0.259 e. The second-order valence-electron chi connectivity index (χ2n) is 6.54. The van der Waals surface area contributed by atoms with Crippen LogP contribution in [0.1, 0.15) is 22.6 Å². The third-order valence-corrected chi connectivity index (χ3v) is 4.45. The lowest BCUT2D eigenvalue weighted by molar-refractivity contribution is -0.126. The average molecular weight is 401 g/mol. The molecule has 0 atom stereocenters. The normalized spacial score (nSPS) is 10.7. The number of nitrogens with zero attached hydrogens (tertiary/aromatic N) is 1. The number of nitrogens with one attached hydrogen (secondary N) is 2. The molecule has 3 rings (SSSR count). The fourth-order valence-electron chi connectivity index (χ4n) is 3.00. The van der Waals surface area contributed by atoms with E-state index in [2.05, 4.69) is 15.8 Å². The van der Waals surface area contributed by atoms with Gasteiger partial charge >= 0.3 is 0 Å². The summed E-state index contributed by atoms with van der Waals surface area (Å²) in [6.07, 6.45) is 1.51. The van der Waals surface area contributed by atoms with Crippen molar-refractivity contribution in [2.75, 3.05) is 13.7 Å². The number of benzene rings is 3. The molecule has 0 heterocycles. The number of carbonyl (C=O) groups excluding carboxylic acids is 2. The second kappa shape index (κ2) is 10.6. The summed E-state index contributed by atoms with van der Waals surface area (Å²) in [6, 6.07) is 26.2. The largest absolute Gasteiger partial charge is 0.497 e. The average Bonchev–Trinajstić information content (AvgIpc) is 2.79. The lowest BCUT2D eigenvalue weighted by Gasteiger charge is -2.17. The van der Waals surface area contributed by atoms with E-state index in [-0.39, 0.29) is 12.5 Å². The first-order valence-electron chi connectivity index (χ1n) is 9.51. The highest BCUT2D eigenvalue weighted by molar-refractivity contribution is 5.91. The molecule has 6 nitrogen and oxygen atoms in total. The van der Waals surface area contributed by atoms with E-state index in [1.807, 2.05) is 78.9 Å². The number of hydrazone groups is 1. The molecule has 3 aromatic rings. The van der Waals surface area contributed by atoms with Crippen molar-refractivity contribution in [3.05, 3.63) is 102 Å². The summed E-state index contributed by atoms with van der Waals surface area (Å²) in [7, 11) is 1.58. The lowest BCUT2D eigenvalue weighted by Crippen LogP contribution is -2.37. The Kier molecular flexibility index (Phi) is 7.33. The Bertz CT molecular complexity index is 965. The van der Waals surface area contributed by atoms with Gasteiger partial charge in [-0.1, -0.05) is 72.8 Å². The topological polar surface area (TPSA) is 79.8 Å². The van der Waals surface area contributed by atoms with Gasteiger partial charge in [0.1, 0.15) is 5.75 Å². The summed E-state index contributed by atoms with van der Waals surface area (Å²) < 4.78 is 5.15. The highest BCUT2D eigenvalue weighted by Gasteiger charge is 2.22. The molecule has 0 radical (unpaired) electrons. The van der Waals surface area contributed by atoms with Crippen molar-refractivity contribution in [3.63, 3.8) is 0 Å². The van der Waals surface area contributed by atoms with Crippen LogP contribution in [0.2, 0.25) is 0 Å². The van der Waals surface area contributed by atoms with Crippen molar-refractivity contribution in [2.24, 2.45) is 5.10 Å². The van der Waals surface area contributed by atoms with E-state index in [1.165, 1.54) is 6.21 Å². The van der Waals surface area contributed by atoms with Crippen LogP contribution < -0.4 is 15.5 Å². The number of methoxy groups -OCH3 is 1. The van der Waals surface area contributed by atoms with Gasteiger partial charge in [0.2, 0.25) is 5.91 Å². The Morgan fingerprint density at radius 2 is 1.57 bits per heavy atom. The molecule has 0 saturated heterocycles. The summed E-state index contributed by atoms with van der Waals surface area (Å²) in [5.74, 6) is -0.465. The molecule has 0 aliphatic heterocycles. The maximum atomic E-state index is 12.9. The van der Waals surface area contributed by atoms with Crippen molar-refractivity contribution in [3.8, 4) is 5.75 Å². The van der Waals surface area contributed by atoms with Crippen molar-refractivity contribution >= 4 is 18.0 Å². The quantitative estimate of drug-likeness (QED) is 0.450. The molecule has 2 amide bonds. The lowest BCUT2D eigenvalue weighted by atomic mass is 9.90. The van der Waals surface area contributed by atoms with Crippen molar-refractivity contribution < 1.29 is 14.3 Å². The van der Waals surface area contributed by atoms with Gasteiger partial charge in [0.05, 0.1) is 25.8 Å². The minimum Gasteiger partial charge on any atom is -0.497 e. The second-order valence-corrected chi connectivity index (χ2v) is 6.54. The molecule has 152 valence electrons. The molecule has 30 heavy (non-hydrogen) atoms. The predicted octanol–water partition coefficient (Wildman–Crippen LogP) is 3.09. The molecule has 0 bridgehead atoms. The first kappa shape index (κ1) is 20.8. The molecule has 2 N–H and O–H groups in total. The van der Waals surface area contributed by atoms with Crippen molar-refractivity contribution in [1.29, 1.82) is 0 Å². The van der Waals surface area contributed by atoms with Crippen LogP contribution >= 0.6 is 0 Å². The van der Waals surface area contributed by atoms with Gasteiger partial charge in [-0.3, -0.25) is 9.59 Å². The van der Waals surface area contributed by atoms with E-state index in [1.54, 1.807) is 13.2 Å². The SMILES string of the molecule is COc1cccc(C=NNC(=O)CNC(=O)C(c2ccccc2)c2ccccc2)c1. The van der Waals surface area contributed by atoms with Crippen LogP contribution in [0, 0.1) is 0 Å². The van der Waals surface area contributed by atoms with Crippen LogP contribution in [0.3, 0.4) is 0 Å². The van der Waals surface area contributed by atoms with E-state index in [0.29, 0.717) is 5.75 Å². The fraction of sp³-hybridized carbons (Fsp3) is 0.125.